The van der Waals surface area contributed by atoms with Crippen LogP contribution in [0.4, 0.5) is 5.95 Å². The second-order valence-corrected chi connectivity index (χ2v) is 13.8. The third-order valence-electron chi connectivity index (χ3n) is 7.03. The Hall–Kier alpha value is -3.37. The molecule has 6 atom stereocenters. The quantitative estimate of drug-likeness (QED) is 0.108. The van der Waals surface area contributed by atoms with E-state index in [-0.39, 0.29) is 47.0 Å². The van der Waals surface area contributed by atoms with Crippen molar-refractivity contribution in [2.45, 2.75) is 96.7 Å². The van der Waals surface area contributed by atoms with Gasteiger partial charge in [-0.05, 0) is 59.6 Å². The number of carbonyl (C=O) groups excluding carboxylic acids is 2. The molecule has 3 aromatic rings. The molecule has 0 saturated carbocycles. The zero-order chi connectivity index (χ0) is 34.7. The molecular weight excluding hydrogens is 659 g/mol. The number of benzene rings is 1. The predicted molar refractivity (Wildman–Crippen MR) is 169 cm³/mol. The van der Waals surface area contributed by atoms with E-state index >= 15 is 0 Å². The SMILES string of the molecule is CC(C)OC(=O)CCc1ccccc1OP(=O)(N[C@@H](C)C(=O)OC(C)C)OCC1O[C@@H](n2cnc3c(Cl)nc(N)nc32)[C@](C)(O)[C@@H]1O. The summed E-state index contributed by atoms with van der Waals surface area (Å²) in [5, 5.41) is 25.0. The number of nitrogens with one attached hydrogen (secondary N) is 1. The number of ether oxygens (including phenoxy) is 3. The third-order valence-corrected chi connectivity index (χ3v) is 8.92. The standard InChI is InChI=1S/C29H40ClN6O10P/c1-15(2)43-21(37)12-11-18-9-7-8-10-19(18)46-47(41,35-17(5)26(39)44-16(3)4)42-13-20-23(38)29(6,40)27(45-20)36-14-32-22-24(30)33-28(31)34-25(22)36/h7-10,14-17,20,23,27,38,40H,11-13H2,1-6H3,(H,35,41)(H2,31,33,34)/t17-,20?,23+,27+,29+,47?/m0/s1. The van der Waals surface area contributed by atoms with Gasteiger partial charge in [0.05, 0.1) is 25.1 Å². The number of esters is 2. The average molecular weight is 699 g/mol. The summed E-state index contributed by atoms with van der Waals surface area (Å²) in [4.78, 5) is 37.0. The van der Waals surface area contributed by atoms with Crippen molar-refractivity contribution < 1.29 is 47.6 Å². The molecule has 0 bridgehead atoms. The van der Waals surface area contributed by atoms with E-state index in [0.717, 1.165) is 0 Å². The molecule has 0 radical (unpaired) electrons. The maximum Gasteiger partial charge on any atom is 0.459 e. The van der Waals surface area contributed by atoms with Gasteiger partial charge in [0.15, 0.2) is 17.0 Å². The second kappa shape index (κ2) is 14.8. The van der Waals surface area contributed by atoms with Crippen molar-refractivity contribution in [2.75, 3.05) is 12.3 Å². The lowest BCUT2D eigenvalue weighted by Gasteiger charge is -2.27. The fraction of sp³-hybridized carbons (Fsp3) is 0.552. The van der Waals surface area contributed by atoms with Gasteiger partial charge in [0.1, 0.15) is 35.1 Å². The van der Waals surface area contributed by atoms with Gasteiger partial charge in [0.2, 0.25) is 5.95 Å². The zero-order valence-corrected chi connectivity index (χ0v) is 28.5. The average Bonchev–Trinajstić information content (AvgIpc) is 3.48. The second-order valence-electron chi connectivity index (χ2n) is 11.8. The van der Waals surface area contributed by atoms with Crippen molar-refractivity contribution >= 4 is 48.4 Å². The molecule has 18 heteroatoms. The van der Waals surface area contributed by atoms with Gasteiger partial charge in [-0.15, -0.1) is 0 Å². The molecule has 0 spiro atoms. The van der Waals surface area contributed by atoms with Crippen molar-refractivity contribution in [2.24, 2.45) is 0 Å². The Morgan fingerprint density at radius 2 is 1.85 bits per heavy atom. The minimum atomic E-state index is -4.46. The molecule has 2 unspecified atom stereocenters. The molecule has 0 aliphatic carbocycles. The summed E-state index contributed by atoms with van der Waals surface area (Å²) in [5.74, 6) is -1.17. The number of nitrogen functional groups attached to an aromatic ring is 1. The van der Waals surface area contributed by atoms with Crippen LogP contribution in [0.5, 0.6) is 5.75 Å². The van der Waals surface area contributed by atoms with Crippen molar-refractivity contribution in [3.8, 4) is 5.75 Å². The number of nitrogens with two attached hydrogens (primary N) is 1. The van der Waals surface area contributed by atoms with E-state index in [9.17, 15) is 24.4 Å². The molecule has 0 amide bonds. The Balaban J connectivity index is 1.58. The number of aromatic nitrogens is 4. The molecule has 16 nitrogen and oxygen atoms in total. The first-order valence-corrected chi connectivity index (χ1v) is 16.8. The number of rotatable bonds is 14. The zero-order valence-electron chi connectivity index (χ0n) is 26.8. The Labute approximate surface area is 276 Å². The van der Waals surface area contributed by atoms with Crippen molar-refractivity contribution in [1.29, 1.82) is 0 Å². The largest absolute Gasteiger partial charge is 0.463 e. The summed E-state index contributed by atoms with van der Waals surface area (Å²) in [5.41, 5.74) is 4.67. The molecule has 1 saturated heterocycles. The van der Waals surface area contributed by atoms with Crippen molar-refractivity contribution in [1.82, 2.24) is 24.6 Å². The first kappa shape index (κ1) is 36.5. The van der Waals surface area contributed by atoms with E-state index in [1.54, 1.807) is 45.9 Å². The number of hydrogen-bond donors (Lipinski definition) is 4. The number of para-hydroxylation sites is 1. The van der Waals surface area contributed by atoms with Crippen molar-refractivity contribution in [3.63, 3.8) is 0 Å². The summed E-state index contributed by atoms with van der Waals surface area (Å²) in [7, 11) is -4.46. The third kappa shape index (κ3) is 8.76. The molecule has 5 N–H and O–H groups in total. The number of aliphatic hydroxyl groups excluding tert-OH is 1. The molecule has 1 aliphatic heterocycles. The van der Waals surface area contributed by atoms with Crippen LogP contribution in [0, 0.1) is 0 Å². The molecule has 1 aromatic carbocycles. The molecule has 47 heavy (non-hydrogen) atoms. The van der Waals surface area contributed by atoms with Crippen LogP contribution in [0.15, 0.2) is 30.6 Å². The fourth-order valence-corrected chi connectivity index (χ4v) is 6.58. The Morgan fingerprint density at radius 1 is 1.17 bits per heavy atom. The van der Waals surface area contributed by atoms with Crippen LogP contribution in [-0.4, -0.2) is 84.3 Å². The molecule has 3 heterocycles. The number of hydrogen-bond acceptors (Lipinski definition) is 14. The first-order valence-electron chi connectivity index (χ1n) is 14.9. The van der Waals surface area contributed by atoms with Crippen LogP contribution in [0.2, 0.25) is 5.15 Å². The van der Waals surface area contributed by atoms with Crippen LogP contribution in [0.25, 0.3) is 11.2 Å². The van der Waals surface area contributed by atoms with Gasteiger partial charge in [-0.2, -0.15) is 15.1 Å². The summed E-state index contributed by atoms with van der Waals surface area (Å²) in [6.07, 6.45) is -3.32. The van der Waals surface area contributed by atoms with E-state index in [2.05, 4.69) is 20.0 Å². The molecule has 1 aliphatic rings. The summed E-state index contributed by atoms with van der Waals surface area (Å²) < 4.78 is 43.7. The van der Waals surface area contributed by atoms with E-state index in [4.69, 9.17) is 40.6 Å². The van der Waals surface area contributed by atoms with Crippen LogP contribution in [0.1, 0.15) is 59.8 Å². The van der Waals surface area contributed by atoms with Gasteiger partial charge in [0, 0.05) is 6.42 Å². The number of aryl methyl sites for hydroxylation is 1. The number of carbonyl (C=O) groups is 2. The molecular formula is C29H40ClN6O10P. The predicted octanol–water partition coefficient (Wildman–Crippen LogP) is 3.09. The van der Waals surface area contributed by atoms with Gasteiger partial charge in [-0.25, -0.2) is 9.55 Å². The number of nitrogens with zero attached hydrogens (tertiary/aromatic N) is 4. The summed E-state index contributed by atoms with van der Waals surface area (Å²) in [6.45, 7) is 8.99. The molecule has 2 aromatic heterocycles. The Kier molecular flexibility index (Phi) is 11.5. The lowest BCUT2D eigenvalue weighted by atomic mass is 9.96. The highest BCUT2D eigenvalue weighted by Crippen LogP contribution is 2.48. The molecule has 258 valence electrons. The van der Waals surface area contributed by atoms with E-state index in [1.165, 1.54) is 30.8 Å². The normalized spacial score (nSPS) is 23.2. The molecule has 4 rings (SSSR count). The van der Waals surface area contributed by atoms with Gasteiger partial charge in [-0.3, -0.25) is 18.7 Å². The highest BCUT2D eigenvalue weighted by molar-refractivity contribution is 7.52. The van der Waals surface area contributed by atoms with Gasteiger partial charge in [0.25, 0.3) is 0 Å². The van der Waals surface area contributed by atoms with E-state index in [0.29, 0.717) is 5.56 Å². The van der Waals surface area contributed by atoms with Gasteiger partial charge in [-0.1, -0.05) is 29.8 Å². The van der Waals surface area contributed by atoms with E-state index < -0.39 is 62.5 Å². The highest BCUT2D eigenvalue weighted by Gasteiger charge is 2.54. The highest BCUT2D eigenvalue weighted by atomic mass is 35.5. The number of fused-ring (bicyclic) bond motifs is 1. The summed E-state index contributed by atoms with van der Waals surface area (Å²) in [6, 6.07) is 5.41. The lowest BCUT2D eigenvalue weighted by molar-refractivity contribution is -0.149. The molecule has 1 fully saturated rings. The van der Waals surface area contributed by atoms with Gasteiger partial charge < -0.3 is 34.7 Å². The number of imidazole rings is 1. The minimum absolute atomic E-state index is 0.0179. The monoisotopic (exact) mass is 698 g/mol. The van der Waals surface area contributed by atoms with Crippen LogP contribution in [-0.2, 0) is 39.3 Å². The number of halogens is 1. The number of aliphatic hydroxyl groups is 2. The fourth-order valence-electron chi connectivity index (χ4n) is 4.82. The van der Waals surface area contributed by atoms with E-state index in [1.807, 2.05) is 0 Å². The lowest BCUT2D eigenvalue weighted by Crippen LogP contribution is -2.44. The van der Waals surface area contributed by atoms with Gasteiger partial charge >= 0.3 is 19.7 Å². The Morgan fingerprint density at radius 3 is 2.53 bits per heavy atom. The summed E-state index contributed by atoms with van der Waals surface area (Å²) >= 11 is 6.15. The maximum atomic E-state index is 14.3. The Bertz CT molecular complexity index is 1640. The maximum absolute atomic E-state index is 14.3. The first-order chi connectivity index (χ1) is 22.0. The van der Waals surface area contributed by atoms with Crippen molar-refractivity contribution in [3.05, 3.63) is 41.3 Å². The van der Waals surface area contributed by atoms with Crippen LogP contribution < -0.4 is 15.3 Å². The smallest absolute Gasteiger partial charge is 0.459 e. The van der Waals surface area contributed by atoms with Crippen LogP contribution in [0.3, 0.4) is 0 Å². The topological polar surface area (TPSA) is 219 Å². The van der Waals surface area contributed by atoms with Crippen LogP contribution >= 0.6 is 19.3 Å². The number of anilines is 1. The minimum Gasteiger partial charge on any atom is -0.463 e.